The molecule has 2 aliphatic rings. The van der Waals surface area contributed by atoms with Crippen LogP contribution < -0.4 is 5.73 Å². The van der Waals surface area contributed by atoms with Crippen LogP contribution >= 0.6 is 11.8 Å². The second kappa shape index (κ2) is 8.03. The van der Waals surface area contributed by atoms with Crippen molar-refractivity contribution in [1.29, 1.82) is 0 Å². The van der Waals surface area contributed by atoms with E-state index in [9.17, 15) is 9.18 Å². The Morgan fingerprint density at radius 1 is 1.39 bits per heavy atom. The van der Waals surface area contributed by atoms with Crippen LogP contribution in [-0.2, 0) is 19.8 Å². The van der Waals surface area contributed by atoms with Crippen molar-refractivity contribution < 1.29 is 18.7 Å². The van der Waals surface area contributed by atoms with Gasteiger partial charge in [-0.2, -0.15) is 0 Å². The molecule has 0 amide bonds. The largest absolute Gasteiger partial charge is 0.460 e. The number of thioether (sulfide) groups is 1. The predicted molar refractivity (Wildman–Crippen MR) is 111 cm³/mol. The molecule has 5 nitrogen and oxygen atoms in total. The summed E-state index contributed by atoms with van der Waals surface area (Å²) in [4.78, 5) is 17.3. The first kappa shape index (κ1) is 21.1. The van der Waals surface area contributed by atoms with Crippen molar-refractivity contribution in [2.24, 2.45) is 10.9 Å². The number of methoxy groups -OCH3 is 1. The Kier molecular flexibility index (Phi) is 6.05. The summed E-state index contributed by atoms with van der Waals surface area (Å²) in [7, 11) is 1.68. The van der Waals surface area contributed by atoms with Crippen LogP contribution in [0.2, 0.25) is 0 Å². The summed E-state index contributed by atoms with van der Waals surface area (Å²) in [5.41, 5.74) is 5.67. The van der Waals surface area contributed by atoms with E-state index in [2.05, 4.69) is 0 Å². The molecule has 1 aromatic carbocycles. The van der Waals surface area contributed by atoms with Gasteiger partial charge in [0.2, 0.25) is 0 Å². The van der Waals surface area contributed by atoms with Crippen molar-refractivity contribution in [1.82, 2.24) is 0 Å². The molecule has 1 saturated carbocycles. The second-order valence-corrected chi connectivity index (χ2v) is 9.67. The summed E-state index contributed by atoms with van der Waals surface area (Å²) in [5, 5.41) is 0.684. The summed E-state index contributed by atoms with van der Waals surface area (Å²) in [5.74, 6) is 0.317. The lowest BCUT2D eigenvalue weighted by Crippen LogP contribution is -2.46. The fourth-order valence-corrected chi connectivity index (χ4v) is 5.39. The lowest BCUT2D eigenvalue weighted by molar-refractivity contribution is -0.153. The molecule has 0 bridgehead atoms. The lowest BCUT2D eigenvalue weighted by Gasteiger charge is -2.47. The number of ether oxygens (including phenoxy) is 2. The van der Waals surface area contributed by atoms with Crippen LogP contribution in [0.3, 0.4) is 0 Å². The molecular weight excluding hydrogens is 379 g/mol. The molecule has 1 aliphatic heterocycles. The monoisotopic (exact) mass is 408 g/mol. The van der Waals surface area contributed by atoms with E-state index in [4.69, 9.17) is 20.2 Å². The lowest BCUT2D eigenvalue weighted by atomic mass is 9.68. The highest BCUT2D eigenvalue weighted by Crippen LogP contribution is 2.51. The molecule has 1 fully saturated rings. The first-order valence-electron chi connectivity index (χ1n) is 9.64. The molecule has 1 aromatic rings. The van der Waals surface area contributed by atoms with E-state index >= 15 is 0 Å². The van der Waals surface area contributed by atoms with Gasteiger partial charge >= 0.3 is 5.97 Å². The fraction of sp³-hybridized carbons (Fsp3) is 0.619. The van der Waals surface area contributed by atoms with Gasteiger partial charge in [0.25, 0.3) is 0 Å². The number of aliphatic imine (C=N–C) groups is 1. The number of fused-ring (bicyclic) bond motifs is 1. The molecule has 7 heteroatoms. The Hall–Kier alpha value is -1.60. The van der Waals surface area contributed by atoms with Crippen LogP contribution in [0.4, 0.5) is 10.1 Å². The number of carbonyl (C=O) groups is 1. The van der Waals surface area contributed by atoms with Crippen molar-refractivity contribution in [3.05, 3.63) is 29.6 Å². The minimum Gasteiger partial charge on any atom is -0.460 e. The first-order chi connectivity index (χ1) is 13.1. The minimum absolute atomic E-state index is 0.00768. The van der Waals surface area contributed by atoms with Crippen LogP contribution in [0, 0.1) is 11.7 Å². The molecule has 154 valence electrons. The van der Waals surface area contributed by atoms with E-state index in [1.54, 1.807) is 31.0 Å². The zero-order valence-electron chi connectivity index (χ0n) is 17.0. The molecule has 1 aliphatic carbocycles. The minimum atomic E-state index is -0.763. The van der Waals surface area contributed by atoms with Gasteiger partial charge in [0.05, 0.1) is 23.1 Å². The maximum absolute atomic E-state index is 14.9. The van der Waals surface area contributed by atoms with Gasteiger partial charge in [0.1, 0.15) is 11.4 Å². The number of hydrogen-bond acceptors (Lipinski definition) is 6. The molecular formula is C21H29FN2O3S. The van der Waals surface area contributed by atoms with Crippen LogP contribution in [-0.4, -0.2) is 35.6 Å². The van der Waals surface area contributed by atoms with Gasteiger partial charge in [0, 0.05) is 30.5 Å². The Labute approximate surface area is 170 Å². The third-order valence-corrected chi connectivity index (χ3v) is 6.47. The third-order valence-electron chi connectivity index (χ3n) is 5.33. The number of nitrogens with two attached hydrogens (primary N) is 1. The van der Waals surface area contributed by atoms with Gasteiger partial charge in [-0.1, -0.05) is 0 Å². The molecule has 3 atom stereocenters. The fourth-order valence-electron chi connectivity index (χ4n) is 4.11. The zero-order chi connectivity index (χ0) is 20.5. The van der Waals surface area contributed by atoms with E-state index < -0.39 is 11.1 Å². The molecule has 0 saturated heterocycles. The van der Waals surface area contributed by atoms with Gasteiger partial charge in [-0.15, -0.1) is 11.8 Å². The number of hydrogen-bond donors (Lipinski definition) is 1. The van der Waals surface area contributed by atoms with Gasteiger partial charge in [-0.3, -0.25) is 9.79 Å². The summed E-state index contributed by atoms with van der Waals surface area (Å²) in [6.45, 7) is 5.51. The van der Waals surface area contributed by atoms with E-state index in [0.717, 1.165) is 18.6 Å². The average molecular weight is 409 g/mol. The van der Waals surface area contributed by atoms with Gasteiger partial charge < -0.3 is 15.2 Å². The smallest absolute Gasteiger partial charge is 0.312 e. The average Bonchev–Trinajstić information content (AvgIpc) is 2.61. The summed E-state index contributed by atoms with van der Waals surface area (Å²) >= 11 is 1.57. The van der Waals surface area contributed by atoms with Crippen LogP contribution in [0.5, 0.6) is 0 Å². The Bertz CT molecular complexity index is 777. The molecule has 2 N–H and O–H groups in total. The van der Waals surface area contributed by atoms with Gasteiger partial charge in [-0.05, 0) is 57.7 Å². The predicted octanol–water partition coefficient (Wildman–Crippen LogP) is 4.30. The molecule has 1 heterocycles. The number of rotatable bonds is 4. The number of nitrogen functional groups attached to an aromatic ring is 1. The Balaban J connectivity index is 2.00. The summed E-state index contributed by atoms with van der Waals surface area (Å²) in [6, 6.07) is 4.65. The number of benzene rings is 1. The van der Waals surface area contributed by atoms with Crippen molar-refractivity contribution in [2.75, 3.05) is 18.6 Å². The van der Waals surface area contributed by atoms with E-state index in [1.165, 1.54) is 6.07 Å². The Morgan fingerprint density at radius 2 is 2.14 bits per heavy atom. The van der Waals surface area contributed by atoms with Gasteiger partial charge in [0.15, 0.2) is 0 Å². The number of nitrogens with zero attached hydrogens (tertiary/aromatic N) is 1. The number of halogens is 1. The molecule has 28 heavy (non-hydrogen) atoms. The third kappa shape index (κ3) is 4.51. The SMILES string of the molecule is COC1CC[C@H]2CSC(CC(=O)OC(C)(C)C)=N[C@@]2(c2cc(N)ccc2F)C1. The summed E-state index contributed by atoms with van der Waals surface area (Å²) < 4.78 is 26.0. The van der Waals surface area contributed by atoms with E-state index in [1.807, 2.05) is 20.8 Å². The highest BCUT2D eigenvalue weighted by Gasteiger charge is 2.49. The highest BCUT2D eigenvalue weighted by atomic mass is 32.2. The topological polar surface area (TPSA) is 73.9 Å². The summed E-state index contributed by atoms with van der Waals surface area (Å²) in [6.07, 6.45) is 2.48. The molecule has 0 radical (unpaired) electrons. The molecule has 0 aromatic heterocycles. The molecule has 0 spiro atoms. The number of anilines is 1. The standard InChI is InChI=1S/C21H29FN2O3S/c1-20(2,3)27-19(25)10-18-24-21(16-9-14(23)6-8-17(16)22)11-15(26-4)7-5-13(21)12-28-18/h6,8-9,13,15H,5,7,10-12,23H2,1-4H3/t13-,15?,21-/m0/s1. The van der Waals surface area contributed by atoms with E-state index in [0.29, 0.717) is 22.7 Å². The normalized spacial score (nSPS) is 27.7. The first-order valence-corrected chi connectivity index (χ1v) is 10.6. The Morgan fingerprint density at radius 3 is 2.82 bits per heavy atom. The van der Waals surface area contributed by atoms with Crippen LogP contribution in [0.25, 0.3) is 0 Å². The van der Waals surface area contributed by atoms with Gasteiger partial charge in [-0.25, -0.2) is 4.39 Å². The van der Waals surface area contributed by atoms with Crippen molar-refractivity contribution in [3.63, 3.8) is 0 Å². The highest BCUT2D eigenvalue weighted by molar-refractivity contribution is 8.14. The second-order valence-electron chi connectivity index (χ2n) is 8.58. The van der Waals surface area contributed by atoms with Crippen LogP contribution in [0.15, 0.2) is 23.2 Å². The van der Waals surface area contributed by atoms with Crippen molar-refractivity contribution in [2.45, 2.75) is 63.7 Å². The van der Waals surface area contributed by atoms with Crippen molar-refractivity contribution in [3.8, 4) is 0 Å². The maximum Gasteiger partial charge on any atom is 0.312 e. The number of carbonyl (C=O) groups excluding carboxylic acids is 1. The van der Waals surface area contributed by atoms with Crippen LogP contribution in [0.1, 0.15) is 52.0 Å². The maximum atomic E-state index is 14.9. The van der Waals surface area contributed by atoms with E-state index in [-0.39, 0.29) is 30.2 Å². The molecule has 1 unspecified atom stereocenters. The van der Waals surface area contributed by atoms with Crippen molar-refractivity contribution >= 4 is 28.5 Å². The zero-order valence-corrected chi connectivity index (χ0v) is 17.8. The molecule has 3 rings (SSSR count). The number of esters is 1. The quantitative estimate of drug-likeness (QED) is 0.594.